The SMILES string of the molecule is CC(C)[C@H](NC(=O)CCCCCCC(=O)ON1C(=O)CCC1=O)C(=O)N[C@H](C=O)CCC(NC(N)=O)Nc1ccc(COC(=O)NCCSSc2ccccn2)cc1. The first-order chi connectivity index (χ1) is 27.8. The number of unbranched alkanes of at least 4 members (excludes halogenated alkanes) is 3. The number of nitrogens with one attached hydrogen (secondary N) is 5. The van der Waals surface area contributed by atoms with Crippen LogP contribution >= 0.6 is 21.6 Å². The molecule has 7 N–H and O–H groups in total. The number of carbonyl (C=O) groups excluding carboxylic acids is 8. The minimum absolute atomic E-state index is 0.0204. The Bertz CT molecular complexity index is 1670. The van der Waals surface area contributed by atoms with E-state index >= 15 is 0 Å². The van der Waals surface area contributed by atoms with Crippen LogP contribution in [0.2, 0.25) is 0 Å². The minimum atomic E-state index is -0.929. The van der Waals surface area contributed by atoms with Crippen LogP contribution in [0.25, 0.3) is 0 Å². The van der Waals surface area contributed by atoms with Crippen LogP contribution in [-0.4, -0.2) is 88.6 Å². The fourth-order valence-corrected chi connectivity index (χ4v) is 7.22. The number of rotatable bonds is 26. The van der Waals surface area contributed by atoms with E-state index in [1.807, 2.05) is 18.2 Å². The summed E-state index contributed by atoms with van der Waals surface area (Å²) in [7, 11) is 3.09. The summed E-state index contributed by atoms with van der Waals surface area (Å²) in [5.41, 5.74) is 6.73. The van der Waals surface area contributed by atoms with Gasteiger partial charge in [0.2, 0.25) is 11.8 Å². The number of nitrogens with two attached hydrogens (primary N) is 1. The molecular formula is C38H52N8O10S2. The van der Waals surface area contributed by atoms with Gasteiger partial charge in [0.25, 0.3) is 11.8 Å². The number of benzene rings is 1. The summed E-state index contributed by atoms with van der Waals surface area (Å²) in [6, 6.07) is 9.97. The van der Waals surface area contributed by atoms with E-state index in [-0.39, 0.29) is 57.0 Å². The van der Waals surface area contributed by atoms with Crippen LogP contribution in [0.1, 0.15) is 83.6 Å². The van der Waals surface area contributed by atoms with Crippen LogP contribution in [0.3, 0.4) is 0 Å². The quantitative estimate of drug-likeness (QED) is 0.0260. The fourth-order valence-electron chi connectivity index (χ4n) is 5.43. The number of imide groups is 1. The molecule has 0 aliphatic carbocycles. The molecule has 2 heterocycles. The smallest absolute Gasteiger partial charge is 0.407 e. The van der Waals surface area contributed by atoms with Gasteiger partial charge in [0.05, 0.1) is 6.04 Å². The number of carbonyl (C=O) groups is 8. The Labute approximate surface area is 345 Å². The van der Waals surface area contributed by atoms with Gasteiger partial charge < -0.3 is 46.7 Å². The number of alkyl carbamates (subject to hydrolysis) is 1. The lowest BCUT2D eigenvalue weighted by molar-refractivity contribution is -0.197. The molecule has 1 saturated heterocycles. The van der Waals surface area contributed by atoms with Gasteiger partial charge in [-0.25, -0.2) is 19.4 Å². The number of hydroxylamine groups is 2. The number of nitrogens with zero attached hydrogens (tertiary/aromatic N) is 2. The van der Waals surface area contributed by atoms with E-state index in [4.69, 9.17) is 15.3 Å². The zero-order valence-electron chi connectivity index (χ0n) is 32.6. The van der Waals surface area contributed by atoms with Gasteiger partial charge in [-0.1, -0.05) is 55.7 Å². The second kappa shape index (κ2) is 25.8. The van der Waals surface area contributed by atoms with E-state index in [9.17, 15) is 38.4 Å². The maximum Gasteiger partial charge on any atom is 0.407 e. The highest BCUT2D eigenvalue weighted by molar-refractivity contribution is 8.76. The lowest BCUT2D eigenvalue weighted by atomic mass is 10.0. The van der Waals surface area contributed by atoms with Gasteiger partial charge in [-0.2, -0.15) is 0 Å². The lowest BCUT2D eigenvalue weighted by Gasteiger charge is -2.25. The molecule has 1 aromatic carbocycles. The second-order valence-corrected chi connectivity index (χ2v) is 16.0. The number of primary amides is 1. The molecule has 0 saturated carbocycles. The molecule has 7 amide bonds. The Morgan fingerprint density at radius 3 is 2.26 bits per heavy atom. The first-order valence-corrected chi connectivity index (χ1v) is 21.3. The summed E-state index contributed by atoms with van der Waals surface area (Å²) in [6.45, 7) is 3.99. The summed E-state index contributed by atoms with van der Waals surface area (Å²) in [5.74, 6) is -2.26. The zero-order valence-corrected chi connectivity index (χ0v) is 34.2. The maximum absolute atomic E-state index is 13.2. The van der Waals surface area contributed by atoms with Crippen LogP contribution in [0.4, 0.5) is 15.3 Å². The molecule has 1 unspecified atom stereocenters. The predicted octanol–water partition coefficient (Wildman–Crippen LogP) is 3.71. The Morgan fingerprint density at radius 2 is 1.62 bits per heavy atom. The standard InChI is InChI=1S/C38H52N8O10S2/c1-25(2)35(45-30(48)9-5-3-4-6-11-34(51)56-46-32(49)18-19-33(46)50)36(52)43-28(23-47)16-17-29(44-37(39)53)42-27-14-12-26(13-15-27)24-55-38(54)41-21-22-57-58-31-10-7-8-20-40-31/h7-8,10,12-15,20,23,25,28-29,35,42H,3-6,9,11,16-19,21-22,24H2,1-2H3,(H,41,54)(H,43,52)(H,45,48)(H3,39,44,53)/t28-,29?,35-/m0/s1. The number of anilines is 1. The third-order valence-corrected chi connectivity index (χ3v) is 10.7. The van der Waals surface area contributed by atoms with E-state index in [1.165, 1.54) is 10.8 Å². The number of aromatic nitrogens is 1. The lowest BCUT2D eigenvalue weighted by Crippen LogP contribution is -2.52. The highest BCUT2D eigenvalue weighted by Gasteiger charge is 2.32. The first kappa shape index (κ1) is 47.0. The molecule has 0 bridgehead atoms. The van der Waals surface area contributed by atoms with E-state index in [0.717, 1.165) is 10.6 Å². The normalized spacial score (nSPS) is 13.9. The average Bonchev–Trinajstić information content (AvgIpc) is 3.51. The van der Waals surface area contributed by atoms with Crippen LogP contribution in [0, 0.1) is 5.92 Å². The molecule has 2 aromatic rings. The van der Waals surface area contributed by atoms with Crippen molar-refractivity contribution in [2.24, 2.45) is 11.7 Å². The van der Waals surface area contributed by atoms with E-state index < -0.39 is 54.1 Å². The molecule has 18 nitrogen and oxygen atoms in total. The zero-order chi connectivity index (χ0) is 42.3. The van der Waals surface area contributed by atoms with Gasteiger partial charge in [-0.3, -0.25) is 19.2 Å². The van der Waals surface area contributed by atoms with Crippen molar-refractivity contribution in [1.82, 2.24) is 31.3 Å². The van der Waals surface area contributed by atoms with Crippen molar-refractivity contribution in [3.63, 3.8) is 0 Å². The predicted molar refractivity (Wildman–Crippen MR) is 216 cm³/mol. The van der Waals surface area contributed by atoms with Crippen LogP contribution in [0.15, 0.2) is 53.7 Å². The Hall–Kier alpha value is -5.37. The number of aldehydes is 1. The van der Waals surface area contributed by atoms with E-state index in [1.54, 1.807) is 55.1 Å². The number of hydrogen-bond acceptors (Lipinski definition) is 14. The van der Waals surface area contributed by atoms with Crippen LogP contribution < -0.4 is 32.3 Å². The third-order valence-electron chi connectivity index (χ3n) is 8.48. The Balaban J connectivity index is 1.35. The van der Waals surface area contributed by atoms with Crippen molar-refractivity contribution >= 4 is 75.3 Å². The maximum atomic E-state index is 13.2. The van der Waals surface area contributed by atoms with Gasteiger partial charge >= 0.3 is 18.1 Å². The van der Waals surface area contributed by atoms with Crippen molar-refractivity contribution in [2.45, 2.75) is 108 Å². The van der Waals surface area contributed by atoms with Crippen molar-refractivity contribution in [3.05, 3.63) is 54.2 Å². The molecule has 316 valence electrons. The summed E-state index contributed by atoms with van der Waals surface area (Å²) in [6.07, 6.45) is 3.75. The second-order valence-electron chi connectivity index (χ2n) is 13.6. The van der Waals surface area contributed by atoms with Gasteiger partial charge in [-0.05, 0) is 72.2 Å². The van der Waals surface area contributed by atoms with Crippen LogP contribution in [-0.2, 0) is 44.9 Å². The van der Waals surface area contributed by atoms with E-state index in [0.29, 0.717) is 55.0 Å². The summed E-state index contributed by atoms with van der Waals surface area (Å²) < 4.78 is 5.29. The van der Waals surface area contributed by atoms with Gasteiger partial charge in [-0.15, -0.1) is 5.06 Å². The molecule has 3 atom stereocenters. The molecule has 1 aromatic heterocycles. The Morgan fingerprint density at radius 1 is 0.914 bits per heavy atom. The fraction of sp³-hybridized carbons (Fsp3) is 0.500. The number of ether oxygens (including phenoxy) is 1. The van der Waals surface area contributed by atoms with Crippen molar-refractivity contribution in [2.75, 3.05) is 17.6 Å². The monoisotopic (exact) mass is 844 g/mol. The van der Waals surface area contributed by atoms with Crippen molar-refractivity contribution in [3.8, 4) is 0 Å². The van der Waals surface area contributed by atoms with Gasteiger partial charge in [0, 0.05) is 49.9 Å². The highest BCUT2D eigenvalue weighted by atomic mass is 33.1. The molecule has 0 spiro atoms. The summed E-state index contributed by atoms with van der Waals surface area (Å²) in [5, 5.41) is 15.2. The van der Waals surface area contributed by atoms with Gasteiger partial charge in [0.1, 0.15) is 30.1 Å². The number of hydrogen-bond donors (Lipinski definition) is 6. The van der Waals surface area contributed by atoms with E-state index in [2.05, 4.69) is 31.6 Å². The number of amides is 7. The molecule has 1 aliphatic rings. The molecule has 20 heteroatoms. The van der Waals surface area contributed by atoms with Crippen LogP contribution in [0.5, 0.6) is 0 Å². The number of urea groups is 1. The molecule has 0 radical (unpaired) electrons. The summed E-state index contributed by atoms with van der Waals surface area (Å²) >= 11 is 0. The Kier molecular flexibility index (Phi) is 20.9. The van der Waals surface area contributed by atoms with Gasteiger partial charge in [0.15, 0.2) is 0 Å². The molecular weight excluding hydrogens is 793 g/mol. The third kappa shape index (κ3) is 18.3. The topological polar surface area (TPSA) is 257 Å². The highest BCUT2D eigenvalue weighted by Crippen LogP contribution is 2.28. The average molecular weight is 845 g/mol. The molecule has 58 heavy (non-hydrogen) atoms. The molecule has 1 fully saturated rings. The van der Waals surface area contributed by atoms with Crippen molar-refractivity contribution in [1.29, 1.82) is 0 Å². The molecule has 1 aliphatic heterocycles. The minimum Gasteiger partial charge on any atom is -0.445 e. The first-order valence-electron chi connectivity index (χ1n) is 19.0. The summed E-state index contributed by atoms with van der Waals surface area (Å²) in [4.78, 5) is 106. The van der Waals surface area contributed by atoms with Crippen molar-refractivity contribution < 1.29 is 47.9 Å². The molecule has 3 rings (SSSR count). The number of pyridine rings is 1. The largest absolute Gasteiger partial charge is 0.445 e.